The first-order valence-electron chi connectivity index (χ1n) is 7.45. The number of carbonyl (C=O) groups excluding carboxylic acids is 1. The number of aryl methyl sites for hydroxylation is 1. The van der Waals surface area contributed by atoms with Crippen molar-refractivity contribution in [2.75, 3.05) is 7.05 Å². The number of amides is 1. The van der Waals surface area contributed by atoms with Gasteiger partial charge in [0.2, 0.25) is 0 Å². The monoisotopic (exact) mass is 306 g/mol. The molecule has 3 rings (SSSR count). The van der Waals surface area contributed by atoms with Gasteiger partial charge in [0.1, 0.15) is 0 Å². The minimum atomic E-state index is -0.186. The van der Waals surface area contributed by atoms with Gasteiger partial charge in [-0.25, -0.2) is 0 Å². The molecule has 0 N–H and O–H groups in total. The molecule has 3 aromatic rings. The van der Waals surface area contributed by atoms with Gasteiger partial charge >= 0.3 is 0 Å². The van der Waals surface area contributed by atoms with Gasteiger partial charge in [-0.05, 0) is 22.4 Å². The van der Waals surface area contributed by atoms with Crippen molar-refractivity contribution in [2.45, 2.75) is 6.54 Å². The number of carbonyl (C=O) groups is 1. The van der Waals surface area contributed by atoms with Gasteiger partial charge in [-0.2, -0.15) is 0 Å². The SMILES string of the molecule is CN(Cc1cccc2ccccc12)C(=O)c1ccn(C)c(=O)c1. The lowest BCUT2D eigenvalue weighted by Gasteiger charge is -2.18. The molecule has 0 aliphatic heterocycles. The number of aromatic nitrogens is 1. The predicted octanol–water partition coefficient (Wildman–Crippen LogP) is 2.81. The van der Waals surface area contributed by atoms with Crippen molar-refractivity contribution in [3.63, 3.8) is 0 Å². The highest BCUT2D eigenvalue weighted by Crippen LogP contribution is 2.20. The Hall–Kier alpha value is -2.88. The van der Waals surface area contributed by atoms with E-state index in [-0.39, 0.29) is 11.5 Å². The molecule has 0 spiro atoms. The Kier molecular flexibility index (Phi) is 3.98. The second kappa shape index (κ2) is 6.08. The quantitative estimate of drug-likeness (QED) is 0.747. The third kappa shape index (κ3) is 3.01. The largest absolute Gasteiger partial charge is 0.337 e. The fourth-order valence-electron chi connectivity index (χ4n) is 2.66. The molecule has 0 aliphatic rings. The van der Waals surface area contributed by atoms with Crippen LogP contribution in [0.3, 0.4) is 0 Å². The maximum absolute atomic E-state index is 12.5. The Morgan fingerprint density at radius 1 is 1.09 bits per heavy atom. The van der Waals surface area contributed by atoms with Crippen molar-refractivity contribution in [3.8, 4) is 0 Å². The lowest BCUT2D eigenvalue weighted by molar-refractivity contribution is 0.0785. The molecule has 0 bridgehead atoms. The number of fused-ring (bicyclic) bond motifs is 1. The van der Waals surface area contributed by atoms with Crippen LogP contribution in [0, 0.1) is 0 Å². The van der Waals surface area contributed by atoms with E-state index >= 15 is 0 Å². The van der Waals surface area contributed by atoms with Gasteiger partial charge in [-0.1, -0.05) is 42.5 Å². The normalized spacial score (nSPS) is 10.7. The molecular formula is C19H18N2O2. The van der Waals surface area contributed by atoms with E-state index in [1.54, 1.807) is 31.3 Å². The summed E-state index contributed by atoms with van der Waals surface area (Å²) < 4.78 is 1.45. The van der Waals surface area contributed by atoms with Crippen molar-refractivity contribution in [1.82, 2.24) is 9.47 Å². The summed E-state index contributed by atoms with van der Waals surface area (Å²) >= 11 is 0. The summed E-state index contributed by atoms with van der Waals surface area (Å²) in [7, 11) is 3.41. The minimum Gasteiger partial charge on any atom is -0.337 e. The number of nitrogens with zero attached hydrogens (tertiary/aromatic N) is 2. The van der Waals surface area contributed by atoms with E-state index in [0.717, 1.165) is 16.3 Å². The van der Waals surface area contributed by atoms with Gasteiger partial charge in [0.05, 0.1) is 0 Å². The fourth-order valence-corrected chi connectivity index (χ4v) is 2.66. The van der Waals surface area contributed by atoms with Crippen LogP contribution in [0.15, 0.2) is 65.6 Å². The van der Waals surface area contributed by atoms with Crippen LogP contribution in [-0.2, 0) is 13.6 Å². The Bertz CT molecular complexity index is 923. The summed E-state index contributed by atoms with van der Waals surface area (Å²) in [6.45, 7) is 0.495. The molecule has 4 heteroatoms. The maximum Gasteiger partial charge on any atom is 0.254 e. The van der Waals surface area contributed by atoms with Crippen LogP contribution in [0.25, 0.3) is 10.8 Å². The maximum atomic E-state index is 12.5. The molecule has 0 radical (unpaired) electrons. The van der Waals surface area contributed by atoms with E-state index < -0.39 is 0 Å². The van der Waals surface area contributed by atoms with Crippen LogP contribution >= 0.6 is 0 Å². The average molecular weight is 306 g/mol. The molecule has 1 amide bonds. The van der Waals surface area contributed by atoms with Crippen LogP contribution in [0.5, 0.6) is 0 Å². The van der Waals surface area contributed by atoms with E-state index in [1.807, 2.05) is 24.3 Å². The zero-order valence-electron chi connectivity index (χ0n) is 13.2. The molecule has 0 saturated heterocycles. The van der Waals surface area contributed by atoms with Crippen LogP contribution in [0.4, 0.5) is 0 Å². The molecule has 1 aromatic heterocycles. The first-order chi connectivity index (χ1) is 11.1. The Morgan fingerprint density at radius 3 is 2.61 bits per heavy atom. The van der Waals surface area contributed by atoms with Gasteiger partial charge in [-0.3, -0.25) is 9.59 Å². The van der Waals surface area contributed by atoms with Gasteiger partial charge < -0.3 is 9.47 Å². The molecule has 0 aliphatic carbocycles. The molecule has 2 aromatic carbocycles. The fraction of sp³-hybridized carbons (Fsp3) is 0.158. The molecular weight excluding hydrogens is 288 g/mol. The first-order valence-corrected chi connectivity index (χ1v) is 7.45. The van der Waals surface area contributed by atoms with Crippen LogP contribution < -0.4 is 5.56 Å². The summed E-state index contributed by atoms with van der Waals surface area (Å²) in [5.74, 6) is -0.157. The summed E-state index contributed by atoms with van der Waals surface area (Å²) in [6.07, 6.45) is 1.61. The van der Waals surface area contributed by atoms with E-state index in [4.69, 9.17) is 0 Å². The number of hydrogen-bond donors (Lipinski definition) is 0. The number of pyridine rings is 1. The number of rotatable bonds is 3. The molecule has 0 saturated carbocycles. The molecule has 0 unspecified atom stereocenters. The highest BCUT2D eigenvalue weighted by molar-refractivity contribution is 5.94. The van der Waals surface area contributed by atoms with Crippen molar-refractivity contribution in [1.29, 1.82) is 0 Å². The Labute approximate surface area is 134 Å². The zero-order valence-corrected chi connectivity index (χ0v) is 13.2. The van der Waals surface area contributed by atoms with Crippen molar-refractivity contribution in [2.24, 2.45) is 7.05 Å². The second-order valence-electron chi connectivity index (χ2n) is 5.66. The molecule has 23 heavy (non-hydrogen) atoms. The highest BCUT2D eigenvalue weighted by Gasteiger charge is 2.14. The summed E-state index contributed by atoms with van der Waals surface area (Å²) in [4.78, 5) is 25.9. The zero-order chi connectivity index (χ0) is 16.4. The second-order valence-corrected chi connectivity index (χ2v) is 5.66. The van der Waals surface area contributed by atoms with Gasteiger partial charge in [-0.15, -0.1) is 0 Å². The molecule has 0 fully saturated rings. The smallest absolute Gasteiger partial charge is 0.254 e. The van der Waals surface area contributed by atoms with Gasteiger partial charge in [0.15, 0.2) is 0 Å². The van der Waals surface area contributed by atoms with Crippen molar-refractivity contribution >= 4 is 16.7 Å². The van der Waals surface area contributed by atoms with Crippen molar-refractivity contribution in [3.05, 3.63) is 82.3 Å². The van der Waals surface area contributed by atoms with E-state index in [0.29, 0.717) is 12.1 Å². The van der Waals surface area contributed by atoms with Crippen LogP contribution in [-0.4, -0.2) is 22.4 Å². The minimum absolute atomic E-state index is 0.157. The highest BCUT2D eigenvalue weighted by atomic mass is 16.2. The van der Waals surface area contributed by atoms with Gasteiger partial charge in [0.25, 0.3) is 11.5 Å². The van der Waals surface area contributed by atoms with Crippen LogP contribution in [0.2, 0.25) is 0 Å². The van der Waals surface area contributed by atoms with Gasteiger partial charge in [0, 0.05) is 38.5 Å². The third-order valence-corrected chi connectivity index (χ3v) is 3.99. The summed E-state index contributed by atoms with van der Waals surface area (Å²) in [5.41, 5.74) is 1.31. The number of benzene rings is 2. The standard InChI is InChI=1S/C19H18N2O2/c1-20-11-10-15(12-18(20)22)19(23)21(2)13-16-8-5-7-14-6-3-4-9-17(14)16/h3-12H,13H2,1-2H3. The molecule has 4 nitrogen and oxygen atoms in total. The lowest BCUT2D eigenvalue weighted by Crippen LogP contribution is -2.28. The van der Waals surface area contributed by atoms with E-state index in [1.165, 1.54) is 10.6 Å². The van der Waals surface area contributed by atoms with Crippen LogP contribution in [0.1, 0.15) is 15.9 Å². The Balaban J connectivity index is 1.88. The van der Waals surface area contributed by atoms with E-state index in [2.05, 4.69) is 18.2 Å². The summed E-state index contributed by atoms with van der Waals surface area (Å²) in [5, 5.41) is 2.29. The summed E-state index contributed by atoms with van der Waals surface area (Å²) in [6, 6.07) is 17.2. The Morgan fingerprint density at radius 2 is 1.83 bits per heavy atom. The predicted molar refractivity (Wildman–Crippen MR) is 91.4 cm³/mol. The molecule has 0 atom stereocenters. The molecule has 116 valence electrons. The van der Waals surface area contributed by atoms with Crippen molar-refractivity contribution < 1.29 is 4.79 Å². The lowest BCUT2D eigenvalue weighted by atomic mass is 10.0. The number of hydrogen-bond acceptors (Lipinski definition) is 2. The average Bonchev–Trinajstić information content (AvgIpc) is 2.57. The molecule has 1 heterocycles. The topological polar surface area (TPSA) is 42.3 Å². The van der Waals surface area contributed by atoms with E-state index in [9.17, 15) is 9.59 Å². The first kappa shape index (κ1) is 15.0. The third-order valence-electron chi connectivity index (χ3n) is 3.99.